The molecular weight excluding hydrogens is 192 g/mol. The molecule has 0 heterocycles. The van der Waals surface area contributed by atoms with E-state index in [-0.39, 0.29) is 0 Å². The summed E-state index contributed by atoms with van der Waals surface area (Å²) < 4.78 is 0. The zero-order valence-electron chi connectivity index (χ0n) is 9.48. The fraction of sp³-hybridized carbons (Fsp3) is 0.188. The van der Waals surface area contributed by atoms with Gasteiger partial charge in [-0.05, 0) is 29.0 Å². The van der Waals surface area contributed by atoms with Crippen LogP contribution in [0.1, 0.15) is 23.6 Å². The van der Waals surface area contributed by atoms with E-state index >= 15 is 0 Å². The summed E-state index contributed by atoms with van der Waals surface area (Å²) in [5.41, 5.74) is 4.31. The van der Waals surface area contributed by atoms with Crippen molar-refractivity contribution in [1.82, 2.24) is 0 Å². The molecule has 2 aromatic rings. The molecule has 0 heteroatoms. The summed E-state index contributed by atoms with van der Waals surface area (Å²) in [6.07, 6.45) is 1.18. The molecule has 0 nitrogen and oxygen atoms in total. The molecule has 0 spiro atoms. The minimum absolute atomic E-state index is 0.639. The second-order valence-electron chi connectivity index (χ2n) is 4.54. The van der Waals surface area contributed by atoms with E-state index in [9.17, 15) is 0 Å². The smallest absolute Gasteiger partial charge is 0.0374 e. The molecule has 0 bridgehead atoms. The van der Waals surface area contributed by atoms with Gasteiger partial charge in [-0.3, -0.25) is 0 Å². The molecule has 0 N–H and O–H groups in total. The summed E-state index contributed by atoms with van der Waals surface area (Å²) in [4.78, 5) is 0. The highest BCUT2D eigenvalue weighted by atomic mass is 14.3. The Hall–Kier alpha value is -1.56. The van der Waals surface area contributed by atoms with Crippen LogP contribution in [0.2, 0.25) is 0 Å². The lowest BCUT2D eigenvalue weighted by atomic mass is 9.87. The molecule has 0 fully saturated rings. The Morgan fingerprint density at radius 3 is 2.38 bits per heavy atom. The van der Waals surface area contributed by atoms with Crippen molar-refractivity contribution in [2.75, 3.05) is 0 Å². The predicted molar refractivity (Wildman–Crippen MR) is 67.2 cm³/mol. The van der Waals surface area contributed by atoms with Gasteiger partial charge < -0.3 is 0 Å². The molecule has 1 atom stereocenters. The van der Waals surface area contributed by atoms with Gasteiger partial charge >= 0.3 is 0 Å². The van der Waals surface area contributed by atoms with Gasteiger partial charge in [0.25, 0.3) is 0 Å². The van der Waals surface area contributed by atoms with Gasteiger partial charge in [0.1, 0.15) is 0 Å². The fourth-order valence-electron chi connectivity index (χ4n) is 2.72. The van der Waals surface area contributed by atoms with Gasteiger partial charge in [-0.1, -0.05) is 61.5 Å². The number of fused-ring (bicyclic) bond motifs is 1. The Balaban J connectivity index is 2.09. The van der Waals surface area contributed by atoms with Gasteiger partial charge in [0.05, 0.1) is 0 Å². The van der Waals surface area contributed by atoms with E-state index in [4.69, 9.17) is 0 Å². The molecule has 0 aromatic heterocycles. The summed E-state index contributed by atoms with van der Waals surface area (Å²) in [6, 6.07) is 19.5. The Morgan fingerprint density at radius 2 is 1.56 bits per heavy atom. The zero-order chi connectivity index (χ0) is 11.0. The highest BCUT2D eigenvalue weighted by Crippen LogP contribution is 2.40. The average molecular weight is 207 g/mol. The molecule has 1 aliphatic rings. The maximum absolute atomic E-state index is 2.32. The summed E-state index contributed by atoms with van der Waals surface area (Å²) in [5.74, 6) is 2.15. The summed E-state index contributed by atoms with van der Waals surface area (Å²) in [7, 11) is 0. The molecule has 0 amide bonds. The number of hydrogen-bond acceptors (Lipinski definition) is 0. The predicted octanol–water partition coefficient (Wildman–Crippen LogP) is 3.85. The lowest BCUT2D eigenvalue weighted by Gasteiger charge is -2.16. The second-order valence-corrected chi connectivity index (χ2v) is 4.54. The van der Waals surface area contributed by atoms with Crippen molar-refractivity contribution in [1.29, 1.82) is 0 Å². The van der Waals surface area contributed by atoms with Crippen LogP contribution >= 0.6 is 0 Å². The SMILES string of the molecule is CC1Cc2ccccc2[C]1c1ccccc1. The molecule has 0 saturated heterocycles. The third-order valence-corrected chi connectivity index (χ3v) is 3.41. The largest absolute Gasteiger partial charge is 0.0622 e. The highest BCUT2D eigenvalue weighted by Gasteiger charge is 2.30. The first-order valence-corrected chi connectivity index (χ1v) is 5.87. The van der Waals surface area contributed by atoms with Gasteiger partial charge in [0.2, 0.25) is 0 Å². The monoisotopic (exact) mass is 207 g/mol. The van der Waals surface area contributed by atoms with E-state index in [1.165, 1.54) is 29.0 Å². The van der Waals surface area contributed by atoms with Gasteiger partial charge in [-0.15, -0.1) is 0 Å². The summed E-state index contributed by atoms with van der Waals surface area (Å²) >= 11 is 0. The van der Waals surface area contributed by atoms with Gasteiger partial charge in [0, 0.05) is 5.92 Å². The van der Waals surface area contributed by atoms with Crippen LogP contribution in [0.15, 0.2) is 54.6 Å². The Morgan fingerprint density at radius 1 is 0.875 bits per heavy atom. The van der Waals surface area contributed by atoms with Crippen molar-refractivity contribution in [3.63, 3.8) is 0 Å². The molecule has 1 unspecified atom stereocenters. The minimum atomic E-state index is 0.639. The summed E-state index contributed by atoms with van der Waals surface area (Å²) in [6.45, 7) is 2.32. The molecule has 1 aliphatic carbocycles. The molecule has 2 aromatic carbocycles. The van der Waals surface area contributed by atoms with Gasteiger partial charge in [0.15, 0.2) is 0 Å². The number of benzene rings is 2. The van der Waals surface area contributed by atoms with Crippen LogP contribution in [0.25, 0.3) is 0 Å². The first-order chi connectivity index (χ1) is 7.86. The van der Waals surface area contributed by atoms with Crippen molar-refractivity contribution in [3.8, 4) is 0 Å². The van der Waals surface area contributed by atoms with Crippen molar-refractivity contribution in [2.24, 2.45) is 5.92 Å². The Labute approximate surface area is 96.9 Å². The van der Waals surface area contributed by atoms with Crippen LogP contribution < -0.4 is 0 Å². The van der Waals surface area contributed by atoms with Crippen molar-refractivity contribution >= 4 is 0 Å². The van der Waals surface area contributed by atoms with Crippen LogP contribution in [0.3, 0.4) is 0 Å². The number of hydrogen-bond donors (Lipinski definition) is 0. The molecule has 16 heavy (non-hydrogen) atoms. The maximum Gasteiger partial charge on any atom is 0.0374 e. The van der Waals surface area contributed by atoms with Crippen LogP contribution in [-0.2, 0) is 6.42 Å². The van der Waals surface area contributed by atoms with E-state index in [1.54, 1.807) is 0 Å². The Kier molecular flexibility index (Phi) is 2.28. The van der Waals surface area contributed by atoms with E-state index in [0.717, 1.165) is 0 Å². The van der Waals surface area contributed by atoms with Crippen LogP contribution in [0.4, 0.5) is 0 Å². The van der Waals surface area contributed by atoms with E-state index in [2.05, 4.69) is 61.5 Å². The normalized spacial score (nSPS) is 19.7. The van der Waals surface area contributed by atoms with Gasteiger partial charge in [-0.25, -0.2) is 0 Å². The Bertz CT molecular complexity index is 484. The topological polar surface area (TPSA) is 0 Å². The van der Waals surface area contributed by atoms with Crippen LogP contribution in [0, 0.1) is 11.8 Å². The fourth-order valence-corrected chi connectivity index (χ4v) is 2.72. The third kappa shape index (κ3) is 1.46. The second kappa shape index (κ2) is 3.79. The molecule has 0 saturated carbocycles. The number of rotatable bonds is 1. The first kappa shape index (κ1) is 9.65. The molecular formula is C16H15. The third-order valence-electron chi connectivity index (χ3n) is 3.41. The molecule has 0 aliphatic heterocycles. The van der Waals surface area contributed by atoms with Crippen molar-refractivity contribution in [2.45, 2.75) is 13.3 Å². The van der Waals surface area contributed by atoms with Crippen LogP contribution in [-0.4, -0.2) is 0 Å². The lowest BCUT2D eigenvalue weighted by Crippen LogP contribution is -2.06. The lowest BCUT2D eigenvalue weighted by molar-refractivity contribution is 0.678. The van der Waals surface area contributed by atoms with E-state index in [0.29, 0.717) is 5.92 Å². The minimum Gasteiger partial charge on any atom is -0.0622 e. The van der Waals surface area contributed by atoms with Crippen LogP contribution in [0.5, 0.6) is 0 Å². The highest BCUT2D eigenvalue weighted by molar-refractivity contribution is 5.54. The molecule has 79 valence electrons. The molecule has 3 rings (SSSR count). The maximum atomic E-state index is 2.32. The quantitative estimate of drug-likeness (QED) is 0.666. The summed E-state index contributed by atoms with van der Waals surface area (Å²) in [5, 5.41) is 0. The standard InChI is InChI=1S/C16H15/c1-12-11-14-9-5-6-10-15(14)16(12)13-7-3-2-4-8-13/h2-10,12H,11H2,1H3. The molecule has 1 radical (unpaired) electrons. The average Bonchev–Trinajstić information content (AvgIpc) is 2.66. The van der Waals surface area contributed by atoms with Crippen molar-refractivity contribution in [3.05, 3.63) is 77.2 Å². The first-order valence-electron chi connectivity index (χ1n) is 5.87. The van der Waals surface area contributed by atoms with E-state index in [1.807, 2.05) is 0 Å². The zero-order valence-corrected chi connectivity index (χ0v) is 9.48. The van der Waals surface area contributed by atoms with E-state index < -0.39 is 0 Å². The van der Waals surface area contributed by atoms with Gasteiger partial charge in [-0.2, -0.15) is 0 Å². The van der Waals surface area contributed by atoms with Crippen molar-refractivity contribution < 1.29 is 0 Å².